The van der Waals surface area contributed by atoms with E-state index in [1.54, 1.807) is 0 Å². The quantitative estimate of drug-likeness (QED) is 0.553. The van der Waals surface area contributed by atoms with E-state index in [1.807, 2.05) is 0 Å². The van der Waals surface area contributed by atoms with E-state index < -0.39 is 0 Å². The molecule has 0 aromatic carbocycles. The van der Waals surface area contributed by atoms with Gasteiger partial charge in [0, 0.05) is 0 Å². The Hall–Kier alpha value is 0.557. The molecule has 0 unspecified atom stereocenters. The monoisotopic (exact) mass is 191 g/mol. The van der Waals surface area contributed by atoms with Gasteiger partial charge in [-0.3, -0.25) is 0 Å². The van der Waals surface area contributed by atoms with Crippen molar-refractivity contribution >= 4 is 0 Å². The van der Waals surface area contributed by atoms with Gasteiger partial charge in [-0.15, -0.1) is 0 Å². The maximum Gasteiger partial charge on any atom is 1.00 e. The molecule has 0 radical (unpaired) electrons. The molecular weight excluding hydrogens is 165 g/mol. The van der Waals surface area contributed by atoms with E-state index in [0.29, 0.717) is 0 Å². The number of hydrogen-bond donors (Lipinski definition) is 1. The van der Waals surface area contributed by atoms with Gasteiger partial charge in [0.15, 0.2) is 0 Å². The minimum absolute atomic E-state index is 0. The molecule has 2 heteroatoms. The fourth-order valence-corrected chi connectivity index (χ4v) is 2.04. The Morgan fingerprint density at radius 2 is 0.786 bits per heavy atom. The van der Waals surface area contributed by atoms with Crippen LogP contribution in [-0.4, -0.2) is 13.1 Å². The molecule has 14 heavy (non-hydrogen) atoms. The topological polar surface area (TPSA) is 12.0 Å². The second kappa shape index (κ2) is 11.6. The van der Waals surface area contributed by atoms with Crippen molar-refractivity contribution in [3.8, 4) is 0 Å². The first-order valence-electron chi connectivity index (χ1n) is 6.21. The molecule has 0 aromatic rings. The molecule has 0 saturated carbocycles. The maximum absolute atomic E-state index is 3.52. The molecule has 0 spiro atoms. The molecule has 80 valence electrons. The first-order valence-corrected chi connectivity index (χ1v) is 6.21. The predicted octanol–water partition coefficient (Wildman–Crippen LogP) is 0.607. The van der Waals surface area contributed by atoms with Crippen LogP contribution in [0.1, 0.15) is 65.6 Å². The molecular formula is C12H26LiN. The Morgan fingerprint density at radius 1 is 0.500 bits per heavy atom. The zero-order valence-electron chi connectivity index (χ0n) is 11.0. The first-order chi connectivity index (χ1) is 6.50. The van der Waals surface area contributed by atoms with Gasteiger partial charge in [-0.05, 0) is 25.9 Å². The molecule has 1 aliphatic rings. The second-order valence-electron chi connectivity index (χ2n) is 4.29. The molecule has 1 N–H and O–H groups in total. The van der Waals surface area contributed by atoms with Crippen molar-refractivity contribution in [2.24, 2.45) is 0 Å². The van der Waals surface area contributed by atoms with Gasteiger partial charge in [-0.2, -0.15) is 0 Å². The van der Waals surface area contributed by atoms with E-state index in [9.17, 15) is 0 Å². The summed E-state index contributed by atoms with van der Waals surface area (Å²) in [6, 6.07) is 0. The number of hydrogen-bond acceptors (Lipinski definition) is 1. The van der Waals surface area contributed by atoms with Crippen LogP contribution in [0.4, 0.5) is 0 Å². The van der Waals surface area contributed by atoms with Crippen molar-refractivity contribution < 1.29 is 20.3 Å². The summed E-state index contributed by atoms with van der Waals surface area (Å²) < 4.78 is 0. The van der Waals surface area contributed by atoms with Gasteiger partial charge >= 0.3 is 18.9 Å². The minimum atomic E-state index is 0. The Morgan fingerprint density at radius 3 is 1.14 bits per heavy atom. The zero-order valence-corrected chi connectivity index (χ0v) is 9.99. The molecule has 0 atom stereocenters. The van der Waals surface area contributed by atoms with E-state index in [4.69, 9.17) is 0 Å². The van der Waals surface area contributed by atoms with Crippen LogP contribution in [0.5, 0.6) is 0 Å². The van der Waals surface area contributed by atoms with Gasteiger partial charge in [0.25, 0.3) is 0 Å². The second-order valence-corrected chi connectivity index (χ2v) is 4.29. The fourth-order valence-electron chi connectivity index (χ4n) is 2.04. The van der Waals surface area contributed by atoms with E-state index >= 15 is 0 Å². The van der Waals surface area contributed by atoms with Crippen molar-refractivity contribution in [1.82, 2.24) is 5.32 Å². The van der Waals surface area contributed by atoms with Crippen LogP contribution in [0.3, 0.4) is 0 Å². The van der Waals surface area contributed by atoms with Gasteiger partial charge in [0.1, 0.15) is 0 Å². The summed E-state index contributed by atoms with van der Waals surface area (Å²) in [6.07, 6.45) is 14.5. The number of rotatable bonds is 0. The van der Waals surface area contributed by atoms with E-state index in [0.717, 1.165) is 0 Å². The van der Waals surface area contributed by atoms with E-state index in [1.165, 1.54) is 77.3 Å². The minimum Gasteiger partial charge on any atom is -1.00 e. The third kappa shape index (κ3) is 9.13. The molecule has 0 aliphatic carbocycles. The molecule has 0 amide bonds. The van der Waals surface area contributed by atoms with Crippen LogP contribution < -0.4 is 24.2 Å². The average molecular weight is 191 g/mol. The van der Waals surface area contributed by atoms with Crippen molar-refractivity contribution in [3.63, 3.8) is 0 Å². The first kappa shape index (κ1) is 14.6. The average Bonchev–Trinajstić information content (AvgIpc) is 2.18. The van der Waals surface area contributed by atoms with Crippen molar-refractivity contribution in [2.75, 3.05) is 13.1 Å². The summed E-state index contributed by atoms with van der Waals surface area (Å²) in [5.41, 5.74) is 0. The van der Waals surface area contributed by atoms with Crippen molar-refractivity contribution in [2.45, 2.75) is 64.2 Å². The van der Waals surface area contributed by atoms with Crippen LogP contribution in [0.15, 0.2) is 0 Å². The molecule has 1 rings (SSSR count). The van der Waals surface area contributed by atoms with Crippen LogP contribution in [-0.2, 0) is 0 Å². The smallest absolute Gasteiger partial charge is 1.00 e. The Balaban J connectivity index is 0. The molecule has 1 saturated heterocycles. The number of nitrogens with one attached hydrogen (secondary N) is 1. The third-order valence-corrected chi connectivity index (χ3v) is 2.96. The Kier molecular flexibility index (Phi) is 12.1. The van der Waals surface area contributed by atoms with Crippen LogP contribution >= 0.6 is 0 Å². The van der Waals surface area contributed by atoms with Gasteiger partial charge in [0.05, 0.1) is 0 Å². The fraction of sp³-hybridized carbons (Fsp3) is 1.00. The SMILES string of the molecule is C1CCCCCCNCCCCC1.[H-].[Li+]. The van der Waals surface area contributed by atoms with Crippen molar-refractivity contribution in [1.29, 1.82) is 0 Å². The Labute approximate surface area is 103 Å². The summed E-state index contributed by atoms with van der Waals surface area (Å²) in [6.45, 7) is 2.50. The molecule has 1 fully saturated rings. The summed E-state index contributed by atoms with van der Waals surface area (Å²) in [4.78, 5) is 0. The van der Waals surface area contributed by atoms with Gasteiger partial charge in [-0.1, -0.05) is 51.4 Å². The molecule has 1 heterocycles. The standard InChI is InChI=1S/C12H25N.Li.H/c1-2-4-6-8-10-12-13-11-9-7-5-3-1;;/h13H,1-12H2;;/q;+1;-1. The predicted molar refractivity (Wildman–Crippen MR) is 60.2 cm³/mol. The summed E-state index contributed by atoms with van der Waals surface area (Å²) in [7, 11) is 0. The van der Waals surface area contributed by atoms with E-state index in [-0.39, 0.29) is 20.3 Å². The largest absolute Gasteiger partial charge is 1.00 e. The van der Waals surface area contributed by atoms with Gasteiger partial charge in [-0.25, -0.2) is 0 Å². The van der Waals surface area contributed by atoms with Crippen LogP contribution in [0.2, 0.25) is 0 Å². The zero-order chi connectivity index (χ0) is 9.19. The third-order valence-electron chi connectivity index (χ3n) is 2.96. The van der Waals surface area contributed by atoms with Crippen LogP contribution in [0, 0.1) is 0 Å². The van der Waals surface area contributed by atoms with Crippen molar-refractivity contribution in [3.05, 3.63) is 0 Å². The molecule has 0 aromatic heterocycles. The van der Waals surface area contributed by atoms with Gasteiger partial charge < -0.3 is 6.74 Å². The van der Waals surface area contributed by atoms with E-state index in [2.05, 4.69) is 5.32 Å². The molecule has 1 nitrogen and oxygen atoms in total. The summed E-state index contributed by atoms with van der Waals surface area (Å²) >= 11 is 0. The molecule has 1 aliphatic heterocycles. The summed E-state index contributed by atoms with van der Waals surface area (Å²) in [5, 5.41) is 3.52. The Bertz CT molecular complexity index is 63.7. The molecule has 0 bridgehead atoms. The normalized spacial score (nSPS) is 22.3. The summed E-state index contributed by atoms with van der Waals surface area (Å²) in [5.74, 6) is 0. The van der Waals surface area contributed by atoms with Gasteiger partial charge in [0.2, 0.25) is 0 Å². The maximum atomic E-state index is 3.52. The van der Waals surface area contributed by atoms with Crippen LogP contribution in [0.25, 0.3) is 0 Å².